The summed E-state index contributed by atoms with van der Waals surface area (Å²) in [6.45, 7) is 6.37. The fraction of sp³-hybridized carbons (Fsp3) is 0.385. The molecule has 0 amide bonds. The average Bonchev–Trinajstić information content (AvgIpc) is 2.62. The van der Waals surface area contributed by atoms with E-state index >= 15 is 0 Å². The van der Waals surface area contributed by atoms with Crippen molar-refractivity contribution in [3.05, 3.63) is 35.5 Å². The number of likely N-dealkylation sites (N-methyl/N-ethyl adjacent to an activating group) is 1. The van der Waals surface area contributed by atoms with Crippen molar-refractivity contribution in [3.63, 3.8) is 0 Å². The molecule has 2 N–H and O–H groups in total. The van der Waals surface area contributed by atoms with Gasteiger partial charge >= 0.3 is 0 Å². The van der Waals surface area contributed by atoms with Gasteiger partial charge in [-0.05, 0) is 44.1 Å². The van der Waals surface area contributed by atoms with Crippen LogP contribution in [-0.4, -0.2) is 18.1 Å². The minimum atomic E-state index is 1.04. The maximum Gasteiger partial charge on any atom is 0.0456 e. The molecule has 2 aromatic rings. The Morgan fingerprint density at radius 2 is 2.20 bits per heavy atom. The Hall–Kier alpha value is -1.28. The van der Waals surface area contributed by atoms with Gasteiger partial charge in [0.2, 0.25) is 0 Å². The lowest BCUT2D eigenvalue weighted by atomic mass is 10.1. The first-order chi connectivity index (χ1) is 7.31. The van der Waals surface area contributed by atoms with Gasteiger partial charge in [0.25, 0.3) is 0 Å². The second-order valence-corrected chi connectivity index (χ2v) is 3.97. The third kappa shape index (κ3) is 2.21. The quantitative estimate of drug-likeness (QED) is 0.733. The van der Waals surface area contributed by atoms with Crippen LogP contribution in [-0.2, 0) is 6.42 Å². The van der Waals surface area contributed by atoms with Crippen LogP contribution in [0.2, 0.25) is 0 Å². The van der Waals surface area contributed by atoms with Crippen molar-refractivity contribution < 1.29 is 0 Å². The van der Waals surface area contributed by atoms with Crippen molar-refractivity contribution in [2.45, 2.75) is 20.3 Å². The van der Waals surface area contributed by atoms with E-state index in [2.05, 4.69) is 48.5 Å². The molecule has 1 aromatic heterocycles. The Labute approximate surface area is 90.7 Å². The lowest BCUT2D eigenvalue weighted by molar-refractivity contribution is 0.718. The minimum absolute atomic E-state index is 1.04. The number of aromatic nitrogens is 1. The first-order valence-corrected chi connectivity index (χ1v) is 5.58. The third-order valence-corrected chi connectivity index (χ3v) is 2.74. The topological polar surface area (TPSA) is 27.8 Å². The molecule has 15 heavy (non-hydrogen) atoms. The van der Waals surface area contributed by atoms with E-state index in [1.165, 1.54) is 22.0 Å². The van der Waals surface area contributed by atoms with Crippen LogP contribution in [0.15, 0.2) is 24.4 Å². The van der Waals surface area contributed by atoms with E-state index in [-0.39, 0.29) is 0 Å². The zero-order valence-corrected chi connectivity index (χ0v) is 9.43. The summed E-state index contributed by atoms with van der Waals surface area (Å²) in [7, 11) is 0. The fourth-order valence-electron chi connectivity index (χ4n) is 1.90. The maximum atomic E-state index is 3.35. The van der Waals surface area contributed by atoms with Gasteiger partial charge in [0.15, 0.2) is 0 Å². The first-order valence-electron chi connectivity index (χ1n) is 5.58. The molecule has 0 saturated carbocycles. The van der Waals surface area contributed by atoms with Crippen LogP contribution in [0.25, 0.3) is 10.9 Å². The maximum absolute atomic E-state index is 3.35. The van der Waals surface area contributed by atoms with Crippen molar-refractivity contribution in [3.8, 4) is 0 Å². The number of aromatic amines is 1. The number of hydrogen-bond donors (Lipinski definition) is 2. The van der Waals surface area contributed by atoms with Crippen LogP contribution in [0.5, 0.6) is 0 Å². The number of fused-ring (bicyclic) bond motifs is 1. The highest BCUT2D eigenvalue weighted by atomic mass is 14.8. The van der Waals surface area contributed by atoms with E-state index in [4.69, 9.17) is 0 Å². The summed E-state index contributed by atoms with van der Waals surface area (Å²) in [5, 5.41) is 4.72. The fourth-order valence-corrected chi connectivity index (χ4v) is 1.90. The Morgan fingerprint density at radius 3 is 3.00 bits per heavy atom. The van der Waals surface area contributed by atoms with Gasteiger partial charge in [-0.25, -0.2) is 0 Å². The predicted molar refractivity (Wildman–Crippen MR) is 65.3 cm³/mol. The summed E-state index contributed by atoms with van der Waals surface area (Å²) < 4.78 is 0. The molecule has 0 aliphatic rings. The van der Waals surface area contributed by atoms with Crippen LogP contribution in [0.3, 0.4) is 0 Å². The number of nitrogens with one attached hydrogen (secondary N) is 2. The molecule has 2 heteroatoms. The lowest BCUT2D eigenvalue weighted by Crippen LogP contribution is -2.15. The molecule has 0 unspecified atom stereocenters. The van der Waals surface area contributed by atoms with Crippen molar-refractivity contribution in [2.24, 2.45) is 0 Å². The zero-order valence-electron chi connectivity index (χ0n) is 9.43. The Balaban J connectivity index is 2.23. The summed E-state index contributed by atoms with van der Waals surface area (Å²) in [6.07, 6.45) is 3.22. The highest BCUT2D eigenvalue weighted by Gasteiger charge is 2.02. The molecule has 0 aliphatic heterocycles. The van der Waals surface area contributed by atoms with Crippen molar-refractivity contribution >= 4 is 10.9 Å². The first kappa shape index (κ1) is 10.2. The van der Waals surface area contributed by atoms with Gasteiger partial charge in [0.1, 0.15) is 0 Å². The average molecular weight is 202 g/mol. The highest BCUT2D eigenvalue weighted by Crippen LogP contribution is 2.19. The molecule has 0 bridgehead atoms. The minimum Gasteiger partial charge on any atom is -0.361 e. The van der Waals surface area contributed by atoms with Crippen LogP contribution < -0.4 is 5.32 Å². The summed E-state index contributed by atoms with van der Waals surface area (Å²) in [6, 6.07) is 6.56. The van der Waals surface area contributed by atoms with Crippen LogP contribution in [0.1, 0.15) is 18.1 Å². The van der Waals surface area contributed by atoms with E-state index in [0.717, 1.165) is 19.5 Å². The smallest absolute Gasteiger partial charge is 0.0456 e. The third-order valence-electron chi connectivity index (χ3n) is 2.74. The summed E-state index contributed by atoms with van der Waals surface area (Å²) in [5.74, 6) is 0. The van der Waals surface area contributed by atoms with Crippen LogP contribution in [0.4, 0.5) is 0 Å². The molecule has 2 rings (SSSR count). The molecular weight excluding hydrogens is 184 g/mol. The van der Waals surface area contributed by atoms with Crippen molar-refractivity contribution in [2.75, 3.05) is 13.1 Å². The summed E-state index contributed by atoms with van der Waals surface area (Å²) in [4.78, 5) is 3.31. The van der Waals surface area contributed by atoms with Gasteiger partial charge < -0.3 is 10.3 Å². The van der Waals surface area contributed by atoms with Crippen LogP contribution in [0, 0.1) is 6.92 Å². The van der Waals surface area contributed by atoms with Gasteiger partial charge in [-0.1, -0.05) is 18.6 Å². The molecular formula is C13H18N2. The lowest BCUT2D eigenvalue weighted by Gasteiger charge is -2.01. The molecule has 1 heterocycles. The molecule has 0 saturated heterocycles. The summed E-state index contributed by atoms with van der Waals surface area (Å²) >= 11 is 0. The normalized spacial score (nSPS) is 11.1. The largest absolute Gasteiger partial charge is 0.361 e. The number of aryl methyl sites for hydroxylation is 1. The van der Waals surface area contributed by atoms with E-state index < -0.39 is 0 Å². The monoisotopic (exact) mass is 202 g/mol. The van der Waals surface area contributed by atoms with Gasteiger partial charge in [0.05, 0.1) is 0 Å². The molecule has 0 atom stereocenters. The van der Waals surface area contributed by atoms with Crippen molar-refractivity contribution in [1.82, 2.24) is 10.3 Å². The second-order valence-electron chi connectivity index (χ2n) is 3.97. The Morgan fingerprint density at radius 1 is 1.33 bits per heavy atom. The number of benzene rings is 1. The van der Waals surface area contributed by atoms with E-state index in [0.29, 0.717) is 0 Å². The zero-order chi connectivity index (χ0) is 10.7. The molecule has 80 valence electrons. The molecule has 0 spiro atoms. The Bertz CT molecular complexity index is 443. The molecule has 0 radical (unpaired) electrons. The van der Waals surface area contributed by atoms with Gasteiger partial charge in [-0.3, -0.25) is 0 Å². The number of hydrogen-bond acceptors (Lipinski definition) is 1. The highest BCUT2D eigenvalue weighted by molar-refractivity contribution is 5.83. The summed E-state index contributed by atoms with van der Waals surface area (Å²) in [5.41, 5.74) is 3.98. The predicted octanol–water partition coefficient (Wildman–Crippen LogP) is 2.63. The molecule has 1 aromatic carbocycles. The van der Waals surface area contributed by atoms with E-state index in [1.54, 1.807) is 0 Å². The Kier molecular flexibility index (Phi) is 3.07. The standard InChI is InChI=1S/C13H18N2/c1-3-14-7-6-11-9-15-13-5-4-10(2)8-12(11)13/h4-5,8-9,14-15H,3,6-7H2,1-2H3. The number of rotatable bonds is 4. The second kappa shape index (κ2) is 4.49. The SMILES string of the molecule is CCNCCc1c[nH]c2ccc(C)cc12. The van der Waals surface area contributed by atoms with Gasteiger partial charge in [-0.2, -0.15) is 0 Å². The molecule has 0 fully saturated rings. The van der Waals surface area contributed by atoms with E-state index in [9.17, 15) is 0 Å². The number of H-pyrrole nitrogens is 1. The van der Waals surface area contributed by atoms with E-state index in [1.807, 2.05) is 0 Å². The van der Waals surface area contributed by atoms with Gasteiger partial charge in [-0.15, -0.1) is 0 Å². The van der Waals surface area contributed by atoms with Crippen molar-refractivity contribution in [1.29, 1.82) is 0 Å². The van der Waals surface area contributed by atoms with Crippen LogP contribution >= 0.6 is 0 Å². The van der Waals surface area contributed by atoms with Gasteiger partial charge in [0, 0.05) is 17.1 Å². The molecule has 2 nitrogen and oxygen atoms in total. The molecule has 0 aliphatic carbocycles.